The van der Waals surface area contributed by atoms with Gasteiger partial charge in [0.1, 0.15) is 12.4 Å². The van der Waals surface area contributed by atoms with Gasteiger partial charge in [0.05, 0.1) is 21.3 Å². The first-order chi connectivity index (χ1) is 14.6. The Balaban J connectivity index is 1.43. The number of thiazole rings is 1. The van der Waals surface area contributed by atoms with Gasteiger partial charge in [-0.1, -0.05) is 42.5 Å². The number of fused-ring (bicyclic) bond motifs is 2. The molecule has 1 amide bonds. The van der Waals surface area contributed by atoms with Crippen LogP contribution in [0.15, 0.2) is 48.5 Å². The summed E-state index contributed by atoms with van der Waals surface area (Å²) in [5.41, 5.74) is 2.56. The lowest BCUT2D eigenvalue weighted by atomic mass is 10.3. The van der Waals surface area contributed by atoms with Gasteiger partial charge < -0.3 is 9.30 Å². The second-order valence-electron chi connectivity index (χ2n) is 6.72. The fourth-order valence-electron chi connectivity index (χ4n) is 3.36. The Hall–Kier alpha value is -3.26. The number of hydrogen-bond acceptors (Lipinski definition) is 6. The van der Waals surface area contributed by atoms with E-state index >= 15 is 0 Å². The maximum atomic E-state index is 12.7. The molecule has 4 rings (SSSR count). The molecule has 0 aliphatic carbocycles. The lowest BCUT2D eigenvalue weighted by Crippen LogP contribution is -2.34. The summed E-state index contributed by atoms with van der Waals surface area (Å²) in [5, 5.41) is 0.605. The normalized spacial score (nSPS) is 11.1. The van der Waals surface area contributed by atoms with Crippen molar-refractivity contribution in [3.63, 3.8) is 0 Å². The zero-order valence-electron chi connectivity index (χ0n) is 16.9. The van der Waals surface area contributed by atoms with Crippen molar-refractivity contribution in [1.29, 1.82) is 0 Å². The largest absolute Gasteiger partial charge is 0.454 e. The van der Waals surface area contributed by atoms with Crippen molar-refractivity contribution in [2.75, 3.05) is 18.1 Å². The molecule has 0 N–H and O–H groups in total. The zero-order valence-corrected chi connectivity index (χ0v) is 17.7. The van der Waals surface area contributed by atoms with Crippen LogP contribution in [0.25, 0.3) is 21.3 Å². The van der Waals surface area contributed by atoms with E-state index in [4.69, 9.17) is 4.74 Å². The molecule has 4 aromatic rings. The summed E-state index contributed by atoms with van der Waals surface area (Å²) in [6.45, 7) is 4.00. The summed E-state index contributed by atoms with van der Waals surface area (Å²) in [7, 11) is 0. The molecule has 0 fully saturated rings. The highest BCUT2D eigenvalue weighted by Crippen LogP contribution is 2.28. The number of carbonyl (C=O) groups excluding carboxylic acids is 2. The maximum Gasteiger partial charge on any atom is 0.326 e. The van der Waals surface area contributed by atoms with E-state index in [2.05, 4.69) is 9.97 Å². The molecule has 0 saturated heterocycles. The molecule has 0 atom stereocenters. The van der Waals surface area contributed by atoms with Gasteiger partial charge >= 0.3 is 5.97 Å². The van der Waals surface area contributed by atoms with E-state index in [9.17, 15) is 9.59 Å². The third-order valence-corrected chi connectivity index (χ3v) is 5.88. The van der Waals surface area contributed by atoms with Gasteiger partial charge in [0.15, 0.2) is 11.7 Å². The molecule has 0 saturated carbocycles. The van der Waals surface area contributed by atoms with Crippen LogP contribution in [0, 0.1) is 0 Å². The minimum Gasteiger partial charge on any atom is -0.454 e. The third kappa shape index (κ3) is 3.91. The van der Waals surface area contributed by atoms with Crippen LogP contribution in [-0.2, 0) is 27.3 Å². The monoisotopic (exact) mass is 422 g/mol. The van der Waals surface area contributed by atoms with Crippen LogP contribution in [0.1, 0.15) is 19.7 Å². The van der Waals surface area contributed by atoms with E-state index in [0.29, 0.717) is 18.1 Å². The standard InChI is InChI=1S/C22H22N4O3S/c1-3-19-23-15-9-5-7-11-17(15)26(19)13-21(28)29-14-20(27)25(4-2)22-24-16-10-6-8-12-18(16)30-22/h5-12H,3-4,13-14H2,1-2H3. The fraction of sp³-hybridized carbons (Fsp3) is 0.273. The number of esters is 1. The second-order valence-corrected chi connectivity index (χ2v) is 7.73. The number of amides is 1. The van der Waals surface area contributed by atoms with Crippen LogP contribution in [0.2, 0.25) is 0 Å². The Morgan fingerprint density at radius 2 is 1.77 bits per heavy atom. The number of benzene rings is 2. The van der Waals surface area contributed by atoms with Gasteiger partial charge in [0.2, 0.25) is 0 Å². The molecular formula is C22H22N4O3S. The van der Waals surface area contributed by atoms with E-state index in [-0.39, 0.29) is 19.1 Å². The maximum absolute atomic E-state index is 12.7. The summed E-state index contributed by atoms with van der Waals surface area (Å²) in [6, 6.07) is 15.4. The van der Waals surface area contributed by atoms with Crippen LogP contribution < -0.4 is 4.90 Å². The molecule has 30 heavy (non-hydrogen) atoms. The predicted octanol–water partition coefficient (Wildman–Crippen LogP) is 3.80. The number of imidazole rings is 1. The van der Waals surface area contributed by atoms with Crippen molar-refractivity contribution in [3.05, 3.63) is 54.4 Å². The minimum absolute atomic E-state index is 0.0181. The molecule has 0 radical (unpaired) electrons. The summed E-state index contributed by atoms with van der Waals surface area (Å²) < 4.78 is 8.15. The number of anilines is 1. The molecular weight excluding hydrogens is 400 g/mol. The first kappa shape index (κ1) is 20.0. The number of ether oxygens (including phenoxy) is 1. The number of aryl methyl sites for hydroxylation is 1. The Labute approximate surface area is 177 Å². The lowest BCUT2D eigenvalue weighted by molar-refractivity contribution is -0.148. The molecule has 2 heterocycles. The molecule has 2 aromatic carbocycles. The molecule has 0 aliphatic heterocycles. The number of nitrogens with zero attached hydrogens (tertiary/aromatic N) is 4. The number of hydrogen-bond donors (Lipinski definition) is 0. The van der Waals surface area contributed by atoms with E-state index < -0.39 is 5.97 Å². The van der Waals surface area contributed by atoms with E-state index in [1.54, 1.807) is 4.90 Å². The first-order valence-corrected chi connectivity index (χ1v) is 10.7. The first-order valence-electron chi connectivity index (χ1n) is 9.86. The van der Waals surface area contributed by atoms with Gasteiger partial charge in [-0.05, 0) is 31.2 Å². The lowest BCUT2D eigenvalue weighted by Gasteiger charge is -2.17. The SMILES string of the molecule is CCc1nc2ccccc2n1CC(=O)OCC(=O)N(CC)c1nc2ccccc2s1. The Morgan fingerprint density at radius 1 is 1.03 bits per heavy atom. The molecule has 0 aliphatic rings. The smallest absolute Gasteiger partial charge is 0.326 e. The molecule has 154 valence electrons. The van der Waals surface area contributed by atoms with Gasteiger partial charge in [0.25, 0.3) is 5.91 Å². The van der Waals surface area contributed by atoms with Crippen molar-refractivity contribution in [1.82, 2.24) is 14.5 Å². The van der Waals surface area contributed by atoms with E-state index in [1.165, 1.54) is 11.3 Å². The molecule has 0 bridgehead atoms. The van der Waals surface area contributed by atoms with Crippen molar-refractivity contribution in [2.45, 2.75) is 26.8 Å². The number of para-hydroxylation sites is 3. The molecule has 2 aromatic heterocycles. The van der Waals surface area contributed by atoms with Gasteiger partial charge in [0, 0.05) is 13.0 Å². The van der Waals surface area contributed by atoms with Crippen molar-refractivity contribution in [2.24, 2.45) is 0 Å². The molecule has 7 nitrogen and oxygen atoms in total. The highest BCUT2D eigenvalue weighted by Gasteiger charge is 2.20. The Bertz CT molecular complexity index is 1180. The van der Waals surface area contributed by atoms with Crippen LogP contribution in [0.3, 0.4) is 0 Å². The Kier molecular flexibility index (Phi) is 5.76. The van der Waals surface area contributed by atoms with Crippen LogP contribution >= 0.6 is 11.3 Å². The molecule has 0 unspecified atom stereocenters. The van der Waals surface area contributed by atoms with Crippen molar-refractivity contribution in [3.8, 4) is 0 Å². The predicted molar refractivity (Wildman–Crippen MR) is 118 cm³/mol. The second kappa shape index (κ2) is 8.62. The number of rotatable bonds is 7. The zero-order chi connectivity index (χ0) is 21.1. The van der Waals surface area contributed by atoms with Gasteiger partial charge in [-0.3, -0.25) is 14.5 Å². The number of carbonyl (C=O) groups is 2. The number of aromatic nitrogens is 3. The minimum atomic E-state index is -0.471. The van der Waals surface area contributed by atoms with Crippen LogP contribution in [0.5, 0.6) is 0 Å². The van der Waals surface area contributed by atoms with E-state index in [1.807, 2.05) is 66.9 Å². The fourth-order valence-corrected chi connectivity index (χ4v) is 4.41. The van der Waals surface area contributed by atoms with Crippen LogP contribution in [-0.4, -0.2) is 39.6 Å². The summed E-state index contributed by atoms with van der Waals surface area (Å²) in [5.74, 6) is 0.0433. The number of likely N-dealkylation sites (N-methyl/N-ethyl adjacent to an activating group) is 1. The Morgan fingerprint density at radius 3 is 2.50 bits per heavy atom. The topological polar surface area (TPSA) is 77.3 Å². The molecule has 8 heteroatoms. The molecule has 0 spiro atoms. The van der Waals surface area contributed by atoms with Gasteiger partial charge in [-0.15, -0.1) is 0 Å². The summed E-state index contributed by atoms with van der Waals surface area (Å²) in [6.07, 6.45) is 0.697. The van der Waals surface area contributed by atoms with Gasteiger partial charge in [-0.2, -0.15) is 0 Å². The average Bonchev–Trinajstić information content (AvgIpc) is 3.34. The van der Waals surface area contributed by atoms with Crippen LogP contribution in [0.4, 0.5) is 5.13 Å². The highest BCUT2D eigenvalue weighted by atomic mass is 32.1. The summed E-state index contributed by atoms with van der Waals surface area (Å²) >= 11 is 1.44. The highest BCUT2D eigenvalue weighted by molar-refractivity contribution is 7.22. The summed E-state index contributed by atoms with van der Waals surface area (Å²) in [4.78, 5) is 35.8. The van der Waals surface area contributed by atoms with Gasteiger partial charge in [-0.25, -0.2) is 9.97 Å². The van der Waals surface area contributed by atoms with Crippen molar-refractivity contribution < 1.29 is 14.3 Å². The van der Waals surface area contributed by atoms with E-state index in [0.717, 1.165) is 27.1 Å². The van der Waals surface area contributed by atoms with Crippen molar-refractivity contribution >= 4 is 49.6 Å². The third-order valence-electron chi connectivity index (χ3n) is 4.82. The average molecular weight is 423 g/mol. The quantitative estimate of drug-likeness (QED) is 0.423.